The van der Waals surface area contributed by atoms with Crippen LogP contribution >= 0.6 is 0 Å². The number of nitrogens with one attached hydrogen (secondary N) is 1. The van der Waals surface area contributed by atoms with Crippen LogP contribution in [-0.4, -0.2) is 38.5 Å². The van der Waals surface area contributed by atoms with Crippen LogP contribution < -0.4 is 5.32 Å². The number of hydrogen-bond acceptors (Lipinski definition) is 3. The van der Waals surface area contributed by atoms with Gasteiger partial charge < -0.3 is 14.8 Å². The van der Waals surface area contributed by atoms with E-state index in [2.05, 4.69) is 36.5 Å². The summed E-state index contributed by atoms with van der Waals surface area (Å²) < 4.78 is 11.2. The molecule has 2 fully saturated rings. The van der Waals surface area contributed by atoms with Gasteiger partial charge in [0.05, 0.1) is 12.7 Å². The molecule has 1 unspecified atom stereocenters. The molecule has 0 radical (unpaired) electrons. The van der Waals surface area contributed by atoms with E-state index in [1.807, 2.05) is 0 Å². The van der Waals surface area contributed by atoms with Gasteiger partial charge in [-0.1, -0.05) is 24.3 Å². The third-order valence-corrected chi connectivity index (χ3v) is 4.99. The first-order valence-corrected chi connectivity index (χ1v) is 8.81. The molecule has 1 aromatic rings. The van der Waals surface area contributed by atoms with Crippen LogP contribution in [0.2, 0.25) is 0 Å². The fraction of sp³-hybridized carbons (Fsp3) is 0.684. The van der Waals surface area contributed by atoms with E-state index in [0.29, 0.717) is 12.1 Å². The maximum absolute atomic E-state index is 5.69. The molecule has 1 N–H and O–H groups in total. The van der Waals surface area contributed by atoms with Gasteiger partial charge in [0.15, 0.2) is 0 Å². The minimum absolute atomic E-state index is 0.356. The normalized spacial score (nSPS) is 27.8. The molecule has 22 heavy (non-hydrogen) atoms. The quantitative estimate of drug-likeness (QED) is 0.747. The minimum atomic E-state index is 0.356. The first kappa shape index (κ1) is 16.0. The van der Waals surface area contributed by atoms with Gasteiger partial charge in [-0.25, -0.2) is 0 Å². The van der Waals surface area contributed by atoms with Crippen molar-refractivity contribution in [3.05, 3.63) is 35.4 Å². The van der Waals surface area contributed by atoms with E-state index in [-0.39, 0.29) is 0 Å². The molecule has 1 saturated carbocycles. The summed E-state index contributed by atoms with van der Waals surface area (Å²) in [7, 11) is 0. The Morgan fingerprint density at radius 1 is 1.27 bits per heavy atom. The highest BCUT2D eigenvalue weighted by molar-refractivity contribution is 5.31. The summed E-state index contributed by atoms with van der Waals surface area (Å²) in [4.78, 5) is 0. The average Bonchev–Trinajstić information content (AvgIpc) is 2.99. The third-order valence-electron chi connectivity index (χ3n) is 4.99. The van der Waals surface area contributed by atoms with Crippen LogP contribution in [0.5, 0.6) is 0 Å². The summed E-state index contributed by atoms with van der Waals surface area (Å²) in [5, 5.41) is 3.66. The molecule has 3 heteroatoms. The van der Waals surface area contributed by atoms with Crippen LogP contribution in [0.15, 0.2) is 24.3 Å². The van der Waals surface area contributed by atoms with E-state index >= 15 is 0 Å². The second-order valence-electron chi connectivity index (χ2n) is 6.74. The van der Waals surface area contributed by atoms with Gasteiger partial charge >= 0.3 is 0 Å². The van der Waals surface area contributed by atoms with Crippen LogP contribution in [-0.2, 0) is 9.47 Å². The van der Waals surface area contributed by atoms with Crippen molar-refractivity contribution in [2.45, 2.75) is 57.1 Å². The lowest BCUT2D eigenvalue weighted by atomic mass is 9.74. The van der Waals surface area contributed by atoms with Crippen molar-refractivity contribution >= 4 is 0 Å². The van der Waals surface area contributed by atoms with Gasteiger partial charge in [0.25, 0.3) is 0 Å². The van der Waals surface area contributed by atoms with Crippen LogP contribution in [0.1, 0.15) is 49.1 Å². The molecule has 3 nitrogen and oxygen atoms in total. The Kier molecular flexibility index (Phi) is 5.88. The zero-order chi connectivity index (χ0) is 15.2. The van der Waals surface area contributed by atoms with Crippen molar-refractivity contribution in [1.82, 2.24) is 5.32 Å². The average molecular weight is 303 g/mol. The Hall–Kier alpha value is -0.900. The van der Waals surface area contributed by atoms with E-state index < -0.39 is 0 Å². The van der Waals surface area contributed by atoms with Crippen molar-refractivity contribution in [3.63, 3.8) is 0 Å². The first-order chi connectivity index (χ1) is 10.8. The molecule has 0 spiro atoms. The fourth-order valence-corrected chi connectivity index (χ4v) is 3.55. The van der Waals surface area contributed by atoms with Crippen LogP contribution in [0.25, 0.3) is 0 Å². The standard InChI is InChI=1S/C19H29NO2/c1-15-6-2-3-8-19(15)16-12-17(13-16)20-9-5-10-21-14-18-7-4-11-22-18/h2-3,6,8,16-18,20H,4-5,7,9-14H2,1H3. The predicted molar refractivity (Wildman–Crippen MR) is 89.4 cm³/mol. The van der Waals surface area contributed by atoms with Crippen molar-refractivity contribution in [2.75, 3.05) is 26.4 Å². The molecule has 1 aliphatic heterocycles. The number of rotatable bonds is 8. The maximum atomic E-state index is 5.69. The van der Waals surface area contributed by atoms with Gasteiger partial charge in [-0.2, -0.15) is 0 Å². The summed E-state index contributed by atoms with van der Waals surface area (Å²) in [5.41, 5.74) is 2.98. The van der Waals surface area contributed by atoms with Gasteiger partial charge in [-0.15, -0.1) is 0 Å². The Morgan fingerprint density at radius 3 is 2.91 bits per heavy atom. The highest BCUT2D eigenvalue weighted by atomic mass is 16.5. The molecule has 1 aromatic carbocycles. The topological polar surface area (TPSA) is 30.5 Å². The molecule has 3 rings (SSSR count). The van der Waals surface area contributed by atoms with Crippen molar-refractivity contribution < 1.29 is 9.47 Å². The Bertz CT molecular complexity index is 451. The summed E-state index contributed by atoms with van der Waals surface area (Å²) in [6.07, 6.45) is 6.37. The number of ether oxygens (including phenoxy) is 2. The van der Waals surface area contributed by atoms with Gasteiger partial charge in [0.1, 0.15) is 0 Å². The Balaban J connectivity index is 1.22. The molecule has 122 valence electrons. The molecule has 0 amide bonds. The fourth-order valence-electron chi connectivity index (χ4n) is 3.55. The van der Waals surface area contributed by atoms with Crippen molar-refractivity contribution in [1.29, 1.82) is 0 Å². The SMILES string of the molecule is Cc1ccccc1C1CC(NCCCOCC2CCCO2)C1. The summed E-state index contributed by atoms with van der Waals surface area (Å²) >= 11 is 0. The van der Waals surface area contributed by atoms with Crippen molar-refractivity contribution in [2.24, 2.45) is 0 Å². The number of hydrogen-bond donors (Lipinski definition) is 1. The predicted octanol–water partition coefficient (Wildman–Crippen LogP) is 3.42. The molecule has 0 bridgehead atoms. The minimum Gasteiger partial charge on any atom is -0.379 e. The zero-order valence-corrected chi connectivity index (χ0v) is 13.7. The molecule has 1 saturated heterocycles. The van der Waals surface area contributed by atoms with E-state index in [1.54, 1.807) is 5.56 Å². The molecule has 1 atom stereocenters. The molecule has 1 aliphatic carbocycles. The summed E-state index contributed by atoms with van der Waals surface area (Å²) in [6.45, 7) is 5.83. The Morgan fingerprint density at radius 2 is 2.14 bits per heavy atom. The molecule has 0 aromatic heterocycles. The summed E-state index contributed by atoms with van der Waals surface area (Å²) in [6, 6.07) is 9.50. The maximum Gasteiger partial charge on any atom is 0.0809 e. The first-order valence-electron chi connectivity index (χ1n) is 8.81. The van der Waals surface area contributed by atoms with Crippen LogP contribution in [0, 0.1) is 6.92 Å². The molecular weight excluding hydrogens is 274 g/mol. The van der Waals surface area contributed by atoms with Crippen LogP contribution in [0.3, 0.4) is 0 Å². The van der Waals surface area contributed by atoms with E-state index in [0.717, 1.165) is 38.7 Å². The van der Waals surface area contributed by atoms with Gasteiger partial charge in [-0.05, 0) is 62.6 Å². The molecule has 1 heterocycles. The van der Waals surface area contributed by atoms with E-state index in [1.165, 1.54) is 31.2 Å². The van der Waals surface area contributed by atoms with Crippen LogP contribution in [0.4, 0.5) is 0 Å². The largest absolute Gasteiger partial charge is 0.379 e. The van der Waals surface area contributed by atoms with Gasteiger partial charge in [-0.3, -0.25) is 0 Å². The Labute approximate surface area is 134 Å². The third kappa shape index (κ3) is 4.31. The smallest absolute Gasteiger partial charge is 0.0809 e. The lowest BCUT2D eigenvalue weighted by Gasteiger charge is -2.37. The second-order valence-corrected chi connectivity index (χ2v) is 6.74. The highest BCUT2D eigenvalue weighted by Gasteiger charge is 2.30. The summed E-state index contributed by atoms with van der Waals surface area (Å²) in [5.74, 6) is 0.759. The van der Waals surface area contributed by atoms with Crippen molar-refractivity contribution in [3.8, 4) is 0 Å². The number of benzene rings is 1. The lowest BCUT2D eigenvalue weighted by molar-refractivity contribution is 0.0163. The van der Waals surface area contributed by atoms with E-state index in [4.69, 9.17) is 9.47 Å². The molecule has 2 aliphatic rings. The van der Waals surface area contributed by atoms with Gasteiger partial charge in [0.2, 0.25) is 0 Å². The molecular formula is C19H29NO2. The number of aryl methyl sites for hydroxylation is 1. The van der Waals surface area contributed by atoms with Gasteiger partial charge in [0, 0.05) is 19.3 Å². The monoisotopic (exact) mass is 303 g/mol. The lowest BCUT2D eigenvalue weighted by Crippen LogP contribution is -2.40. The van der Waals surface area contributed by atoms with E-state index in [9.17, 15) is 0 Å². The second kappa shape index (κ2) is 8.09. The highest BCUT2D eigenvalue weighted by Crippen LogP contribution is 2.38. The zero-order valence-electron chi connectivity index (χ0n) is 13.7.